The average molecular weight is 388 g/mol. The Balaban J connectivity index is 2.02. The van der Waals surface area contributed by atoms with Gasteiger partial charge in [-0.15, -0.1) is 0 Å². The largest absolute Gasteiger partial charge is 0.274 e. The molecule has 0 bridgehead atoms. The first-order valence-electron chi connectivity index (χ1n) is 6.07. The number of hydrogen-bond acceptors (Lipinski definition) is 2. The van der Waals surface area contributed by atoms with Crippen molar-refractivity contribution in [3.8, 4) is 0 Å². The van der Waals surface area contributed by atoms with E-state index < -0.39 is 0 Å². The lowest BCUT2D eigenvalue weighted by atomic mass is 9.85. The SMILES string of the molecule is O=C1C2CC=CCC2C(=O)N1c1ccc(Cl)cc1I. The summed E-state index contributed by atoms with van der Waals surface area (Å²) in [7, 11) is 0. The molecule has 2 amide bonds. The van der Waals surface area contributed by atoms with Gasteiger partial charge < -0.3 is 0 Å². The highest BCUT2D eigenvalue weighted by Gasteiger charge is 2.48. The molecule has 2 atom stereocenters. The summed E-state index contributed by atoms with van der Waals surface area (Å²) in [6.45, 7) is 0. The van der Waals surface area contributed by atoms with E-state index in [0.29, 0.717) is 23.6 Å². The summed E-state index contributed by atoms with van der Waals surface area (Å²) < 4.78 is 0.818. The number of hydrogen-bond donors (Lipinski definition) is 0. The van der Waals surface area contributed by atoms with Crippen molar-refractivity contribution in [2.24, 2.45) is 11.8 Å². The van der Waals surface area contributed by atoms with Crippen molar-refractivity contribution in [3.63, 3.8) is 0 Å². The Bertz CT molecular complexity index is 573. The molecule has 0 spiro atoms. The normalized spacial score (nSPS) is 25.9. The number of nitrogens with zero attached hydrogens (tertiary/aromatic N) is 1. The van der Waals surface area contributed by atoms with Crippen LogP contribution < -0.4 is 4.90 Å². The summed E-state index contributed by atoms with van der Waals surface area (Å²) in [4.78, 5) is 26.2. The summed E-state index contributed by atoms with van der Waals surface area (Å²) >= 11 is 8.02. The molecule has 2 unspecified atom stereocenters. The van der Waals surface area contributed by atoms with E-state index in [-0.39, 0.29) is 23.7 Å². The molecule has 1 aliphatic heterocycles. The summed E-state index contributed by atoms with van der Waals surface area (Å²) in [5.41, 5.74) is 0.648. The van der Waals surface area contributed by atoms with Gasteiger partial charge in [0.2, 0.25) is 11.8 Å². The highest BCUT2D eigenvalue weighted by atomic mass is 127. The molecule has 0 radical (unpaired) electrons. The molecule has 5 heteroatoms. The quantitative estimate of drug-likeness (QED) is 0.421. The zero-order valence-corrected chi connectivity index (χ0v) is 12.9. The fourth-order valence-electron chi connectivity index (χ4n) is 2.70. The fourth-order valence-corrected chi connectivity index (χ4v) is 3.81. The number of carbonyl (C=O) groups is 2. The van der Waals surface area contributed by atoms with Gasteiger partial charge in [-0.2, -0.15) is 0 Å². The number of fused-ring (bicyclic) bond motifs is 1. The van der Waals surface area contributed by atoms with Gasteiger partial charge in [-0.05, 0) is 53.6 Å². The number of rotatable bonds is 1. The smallest absolute Gasteiger partial charge is 0.238 e. The van der Waals surface area contributed by atoms with E-state index in [4.69, 9.17) is 11.6 Å². The van der Waals surface area contributed by atoms with Gasteiger partial charge in [0.1, 0.15) is 0 Å². The maximum absolute atomic E-state index is 12.4. The van der Waals surface area contributed by atoms with Gasteiger partial charge in [0, 0.05) is 8.59 Å². The van der Waals surface area contributed by atoms with Crippen LogP contribution in [0.25, 0.3) is 0 Å². The summed E-state index contributed by atoms with van der Waals surface area (Å²) in [6.07, 6.45) is 5.30. The minimum Gasteiger partial charge on any atom is -0.274 e. The highest BCUT2D eigenvalue weighted by Crippen LogP contribution is 2.39. The molecule has 0 saturated carbocycles. The standard InChI is InChI=1S/C14H11ClINO2/c15-8-5-6-12(11(16)7-8)17-13(18)9-3-1-2-4-10(9)14(17)19/h1-2,5-7,9-10H,3-4H2. The maximum Gasteiger partial charge on any atom is 0.238 e. The highest BCUT2D eigenvalue weighted by molar-refractivity contribution is 14.1. The van der Waals surface area contributed by atoms with Gasteiger partial charge in [0.25, 0.3) is 0 Å². The third-order valence-corrected chi connectivity index (χ3v) is 4.76. The van der Waals surface area contributed by atoms with Crippen LogP contribution in [-0.4, -0.2) is 11.8 Å². The number of amides is 2. The topological polar surface area (TPSA) is 37.4 Å². The van der Waals surface area contributed by atoms with Crippen LogP contribution in [0.15, 0.2) is 30.4 Å². The van der Waals surface area contributed by atoms with Crippen LogP contribution >= 0.6 is 34.2 Å². The monoisotopic (exact) mass is 387 g/mol. The second-order valence-corrected chi connectivity index (χ2v) is 6.36. The van der Waals surface area contributed by atoms with Crippen LogP contribution in [0.1, 0.15) is 12.8 Å². The number of allylic oxidation sites excluding steroid dienone is 2. The molecular formula is C14H11ClINO2. The van der Waals surface area contributed by atoms with Crippen LogP contribution in [0.4, 0.5) is 5.69 Å². The summed E-state index contributed by atoms with van der Waals surface area (Å²) in [6, 6.07) is 5.21. The van der Waals surface area contributed by atoms with Crippen LogP contribution in [0, 0.1) is 15.4 Å². The van der Waals surface area contributed by atoms with E-state index in [2.05, 4.69) is 22.6 Å². The predicted molar refractivity (Wildman–Crippen MR) is 82.0 cm³/mol. The van der Waals surface area contributed by atoms with E-state index in [1.54, 1.807) is 18.2 Å². The number of halogens is 2. The first kappa shape index (κ1) is 13.1. The summed E-state index contributed by atoms with van der Waals surface area (Å²) in [5, 5.41) is 0.603. The van der Waals surface area contributed by atoms with Crippen LogP contribution in [-0.2, 0) is 9.59 Å². The molecule has 2 aliphatic rings. The summed E-state index contributed by atoms with van der Waals surface area (Å²) in [5.74, 6) is -0.549. The number of anilines is 1. The van der Waals surface area contributed by atoms with Crippen molar-refractivity contribution in [1.82, 2.24) is 0 Å². The van der Waals surface area contributed by atoms with Crippen LogP contribution in [0.2, 0.25) is 5.02 Å². The molecule has 19 heavy (non-hydrogen) atoms. The maximum atomic E-state index is 12.4. The Labute approximate surface area is 129 Å². The number of carbonyl (C=O) groups excluding carboxylic acids is 2. The molecule has 1 aliphatic carbocycles. The zero-order valence-electron chi connectivity index (χ0n) is 9.98. The molecule has 0 aromatic heterocycles. The van der Waals surface area contributed by atoms with Crippen molar-refractivity contribution in [2.75, 3.05) is 4.90 Å². The number of benzene rings is 1. The van der Waals surface area contributed by atoms with Crippen molar-refractivity contribution in [2.45, 2.75) is 12.8 Å². The van der Waals surface area contributed by atoms with E-state index in [9.17, 15) is 9.59 Å². The van der Waals surface area contributed by atoms with Gasteiger partial charge in [-0.3, -0.25) is 9.59 Å². The minimum atomic E-state index is -0.191. The first-order valence-corrected chi connectivity index (χ1v) is 7.53. The Morgan fingerprint density at radius 3 is 2.21 bits per heavy atom. The molecule has 1 saturated heterocycles. The first-order chi connectivity index (χ1) is 9.09. The molecule has 0 N–H and O–H groups in total. The Kier molecular flexibility index (Phi) is 3.39. The zero-order chi connectivity index (χ0) is 13.6. The van der Waals surface area contributed by atoms with Gasteiger partial charge in [-0.1, -0.05) is 23.8 Å². The molecule has 1 fully saturated rings. The van der Waals surface area contributed by atoms with Crippen LogP contribution in [0.3, 0.4) is 0 Å². The Morgan fingerprint density at radius 1 is 1.11 bits per heavy atom. The molecule has 1 heterocycles. The third kappa shape index (κ3) is 2.10. The minimum absolute atomic E-state index is 0.0837. The van der Waals surface area contributed by atoms with Crippen LogP contribution in [0.5, 0.6) is 0 Å². The second-order valence-electron chi connectivity index (χ2n) is 4.76. The molecule has 1 aromatic carbocycles. The Morgan fingerprint density at radius 2 is 1.68 bits per heavy atom. The van der Waals surface area contributed by atoms with E-state index in [0.717, 1.165) is 3.57 Å². The predicted octanol–water partition coefficient (Wildman–Crippen LogP) is 3.40. The van der Waals surface area contributed by atoms with Crippen molar-refractivity contribution in [3.05, 3.63) is 38.9 Å². The lowest BCUT2D eigenvalue weighted by Gasteiger charge is -2.16. The average Bonchev–Trinajstić information content (AvgIpc) is 2.64. The molecule has 98 valence electrons. The Hall–Kier alpha value is -0.880. The van der Waals surface area contributed by atoms with Gasteiger partial charge in [0.05, 0.1) is 17.5 Å². The second kappa shape index (κ2) is 4.90. The van der Waals surface area contributed by atoms with E-state index in [1.165, 1.54) is 4.90 Å². The van der Waals surface area contributed by atoms with Gasteiger partial charge in [-0.25, -0.2) is 4.90 Å². The number of imide groups is 1. The van der Waals surface area contributed by atoms with Crippen molar-refractivity contribution < 1.29 is 9.59 Å². The van der Waals surface area contributed by atoms with Crippen molar-refractivity contribution >= 4 is 51.7 Å². The third-order valence-electron chi connectivity index (χ3n) is 3.66. The van der Waals surface area contributed by atoms with Gasteiger partial charge >= 0.3 is 0 Å². The van der Waals surface area contributed by atoms with E-state index in [1.807, 2.05) is 12.2 Å². The lowest BCUT2D eigenvalue weighted by Crippen LogP contribution is -2.31. The fraction of sp³-hybridized carbons (Fsp3) is 0.286. The molecular weight excluding hydrogens is 377 g/mol. The molecule has 3 rings (SSSR count). The van der Waals surface area contributed by atoms with E-state index >= 15 is 0 Å². The van der Waals surface area contributed by atoms with Gasteiger partial charge in [0.15, 0.2) is 0 Å². The molecule has 1 aromatic rings. The molecule has 3 nitrogen and oxygen atoms in total. The van der Waals surface area contributed by atoms with Crippen molar-refractivity contribution in [1.29, 1.82) is 0 Å². The lowest BCUT2D eigenvalue weighted by molar-refractivity contribution is -0.122.